The van der Waals surface area contributed by atoms with Crippen LogP contribution in [0.4, 0.5) is 10.5 Å². The molecule has 1 aromatic heterocycles. The number of anilines is 1. The summed E-state index contributed by atoms with van der Waals surface area (Å²) in [4.78, 5) is 43.1. The van der Waals surface area contributed by atoms with Gasteiger partial charge in [0.1, 0.15) is 35.0 Å². The molecule has 3 aromatic rings. The summed E-state index contributed by atoms with van der Waals surface area (Å²) in [5.74, 6) is -0.306. The van der Waals surface area contributed by atoms with Crippen LogP contribution in [0.25, 0.3) is 11.3 Å². The fourth-order valence-corrected chi connectivity index (χ4v) is 3.73. The zero-order chi connectivity index (χ0) is 30.2. The summed E-state index contributed by atoms with van der Waals surface area (Å²) in [5, 5.41) is 6.99. The van der Waals surface area contributed by atoms with Crippen LogP contribution in [0, 0.1) is 6.92 Å². The van der Waals surface area contributed by atoms with Crippen LogP contribution in [0.15, 0.2) is 70.7 Å². The van der Waals surface area contributed by atoms with Gasteiger partial charge in [-0.15, -0.1) is 4.99 Å². The normalized spacial score (nSPS) is 11.5. The number of ether oxygens (including phenoxy) is 2. The Bertz CT molecular complexity index is 1430. The average Bonchev–Trinajstić information content (AvgIpc) is 3.31. The minimum atomic E-state index is -0.946. The van der Waals surface area contributed by atoms with Crippen molar-refractivity contribution >= 4 is 45.5 Å². The fraction of sp³-hybridized carbons (Fsp3) is 0.276. The van der Waals surface area contributed by atoms with Crippen molar-refractivity contribution in [2.24, 2.45) is 10.7 Å². The van der Waals surface area contributed by atoms with Crippen LogP contribution in [0.2, 0.25) is 0 Å². The topological polar surface area (TPSA) is 149 Å². The van der Waals surface area contributed by atoms with E-state index < -0.39 is 17.6 Å². The first-order chi connectivity index (χ1) is 19.4. The molecule has 0 unspecified atom stereocenters. The quantitative estimate of drug-likeness (QED) is 0.138. The highest BCUT2D eigenvalue weighted by atomic mass is 79.9. The van der Waals surface area contributed by atoms with Crippen molar-refractivity contribution in [3.8, 4) is 17.0 Å². The lowest BCUT2D eigenvalue weighted by atomic mass is 10.0. The van der Waals surface area contributed by atoms with E-state index in [4.69, 9.17) is 19.7 Å². The second-order valence-corrected chi connectivity index (χ2v) is 10.4. The lowest BCUT2D eigenvalue weighted by Crippen LogP contribution is -2.42. The highest BCUT2D eigenvalue weighted by molar-refractivity contribution is 9.09. The van der Waals surface area contributed by atoms with Crippen molar-refractivity contribution in [2.45, 2.75) is 39.8 Å². The number of amides is 3. The number of halogens is 1. The van der Waals surface area contributed by atoms with Crippen LogP contribution >= 0.6 is 15.9 Å². The highest BCUT2D eigenvalue weighted by Gasteiger charge is 2.29. The van der Waals surface area contributed by atoms with Crippen LogP contribution in [0.1, 0.15) is 42.5 Å². The van der Waals surface area contributed by atoms with Gasteiger partial charge >= 0.3 is 6.09 Å². The second-order valence-electron chi connectivity index (χ2n) is 9.81. The van der Waals surface area contributed by atoms with Gasteiger partial charge in [0.15, 0.2) is 0 Å². The van der Waals surface area contributed by atoms with E-state index in [-0.39, 0.29) is 40.8 Å². The van der Waals surface area contributed by atoms with E-state index in [2.05, 4.69) is 38.0 Å². The Labute approximate surface area is 246 Å². The van der Waals surface area contributed by atoms with E-state index >= 15 is 0 Å². The molecule has 0 fully saturated rings. The van der Waals surface area contributed by atoms with Crippen molar-refractivity contribution in [1.82, 2.24) is 10.1 Å². The van der Waals surface area contributed by atoms with Gasteiger partial charge in [-0.25, -0.2) is 4.79 Å². The summed E-state index contributed by atoms with van der Waals surface area (Å²) in [7, 11) is 0. The molecule has 3 amide bonds. The number of alkyl halides is 1. The largest absolute Gasteiger partial charge is 0.490 e. The Balaban J connectivity index is 1.98. The third kappa shape index (κ3) is 8.77. The molecular formula is C29H32BrN5O6. The molecule has 0 saturated carbocycles. The Morgan fingerprint density at radius 3 is 2.39 bits per heavy atom. The minimum absolute atomic E-state index is 0.0535. The van der Waals surface area contributed by atoms with Crippen LogP contribution in [-0.2, 0) is 16.1 Å². The number of aryl methyl sites for hydroxylation is 1. The van der Waals surface area contributed by atoms with Crippen molar-refractivity contribution in [2.75, 3.05) is 17.3 Å². The predicted octanol–water partition coefficient (Wildman–Crippen LogP) is 5.44. The van der Waals surface area contributed by atoms with E-state index in [0.717, 1.165) is 4.90 Å². The van der Waals surface area contributed by atoms with Gasteiger partial charge in [0, 0.05) is 11.3 Å². The first-order valence-electron chi connectivity index (χ1n) is 12.6. The van der Waals surface area contributed by atoms with Crippen molar-refractivity contribution < 1.29 is 28.4 Å². The number of nitrogens with one attached hydrogen (secondary N) is 1. The number of hydrogen-bond acceptors (Lipinski definition) is 7. The van der Waals surface area contributed by atoms with Crippen molar-refractivity contribution in [3.63, 3.8) is 0 Å². The molecule has 1 heterocycles. The third-order valence-electron chi connectivity index (χ3n) is 5.39. The van der Waals surface area contributed by atoms with E-state index in [1.54, 1.807) is 82.3 Å². The van der Waals surface area contributed by atoms with Gasteiger partial charge in [0.25, 0.3) is 5.91 Å². The number of guanidine groups is 1. The van der Waals surface area contributed by atoms with Gasteiger partial charge in [-0.1, -0.05) is 45.9 Å². The van der Waals surface area contributed by atoms with Crippen LogP contribution < -0.4 is 15.8 Å². The molecule has 0 aliphatic carbocycles. The first-order valence-corrected chi connectivity index (χ1v) is 13.7. The number of nitrogens with zero attached hydrogens (tertiary/aromatic N) is 3. The number of hydrogen-bond donors (Lipinski definition) is 2. The number of rotatable bonds is 9. The van der Waals surface area contributed by atoms with E-state index in [9.17, 15) is 14.4 Å². The standard InChI is InChI=1S/C29H32BrN5O6/c1-6-15-39-22-13-9-20(10-14-22)25-24(18(2)41-34-25)26(37)35(27(31)33-28(38)40-29(3,4)5)17-19-7-11-21(12-8-19)32-23(36)16-30/h6-14H,1,15-17H2,2-5H3,(H,32,36)(H2,31,33,38). The predicted molar refractivity (Wildman–Crippen MR) is 159 cm³/mol. The Morgan fingerprint density at radius 2 is 1.80 bits per heavy atom. The lowest BCUT2D eigenvalue weighted by Gasteiger charge is -2.23. The van der Waals surface area contributed by atoms with Gasteiger partial charge < -0.3 is 25.0 Å². The van der Waals surface area contributed by atoms with Gasteiger partial charge in [0.2, 0.25) is 11.9 Å². The Hall–Kier alpha value is -4.45. The molecule has 41 heavy (non-hydrogen) atoms. The van der Waals surface area contributed by atoms with Crippen LogP contribution in [0.5, 0.6) is 5.75 Å². The number of carbonyl (C=O) groups is 3. The molecule has 0 atom stereocenters. The molecular weight excluding hydrogens is 594 g/mol. The highest BCUT2D eigenvalue weighted by Crippen LogP contribution is 2.29. The molecule has 216 valence electrons. The zero-order valence-electron chi connectivity index (χ0n) is 23.3. The second kappa shape index (κ2) is 13.8. The molecule has 0 aliphatic heterocycles. The van der Waals surface area contributed by atoms with Gasteiger partial charge in [-0.3, -0.25) is 14.5 Å². The smallest absolute Gasteiger partial charge is 0.437 e. The molecule has 11 nitrogen and oxygen atoms in total. The maximum atomic E-state index is 14.0. The Kier molecular flexibility index (Phi) is 10.4. The zero-order valence-corrected chi connectivity index (χ0v) is 24.9. The summed E-state index contributed by atoms with van der Waals surface area (Å²) >= 11 is 3.11. The SMILES string of the molecule is C=CCOc1ccc(-c2noc(C)c2C(=O)N(Cc2ccc(NC(=O)CBr)cc2)C(N)=NC(=O)OC(C)(C)C)cc1. The number of carbonyl (C=O) groups excluding carboxylic acids is 3. The summed E-state index contributed by atoms with van der Waals surface area (Å²) in [6, 6.07) is 13.8. The van der Waals surface area contributed by atoms with Crippen molar-refractivity contribution in [3.05, 3.63) is 78.1 Å². The minimum Gasteiger partial charge on any atom is -0.490 e. The van der Waals surface area contributed by atoms with Crippen molar-refractivity contribution in [1.29, 1.82) is 0 Å². The number of nitrogens with two attached hydrogens (primary N) is 1. The summed E-state index contributed by atoms with van der Waals surface area (Å²) in [6.45, 7) is 10.6. The molecule has 3 N–H and O–H groups in total. The molecule has 0 aliphatic rings. The maximum Gasteiger partial charge on any atom is 0.437 e. The molecule has 0 radical (unpaired) electrons. The molecule has 2 aromatic carbocycles. The van der Waals surface area contributed by atoms with Crippen LogP contribution in [-0.4, -0.2) is 51.5 Å². The molecule has 3 rings (SSSR count). The summed E-state index contributed by atoms with van der Waals surface area (Å²) < 4.78 is 16.2. The van der Waals surface area contributed by atoms with E-state index in [0.29, 0.717) is 29.2 Å². The van der Waals surface area contributed by atoms with E-state index in [1.165, 1.54) is 0 Å². The molecule has 0 spiro atoms. The molecule has 12 heteroatoms. The number of aromatic nitrogens is 1. The Morgan fingerprint density at radius 1 is 1.15 bits per heavy atom. The first kappa shape index (κ1) is 31.1. The molecule has 0 bridgehead atoms. The third-order valence-corrected chi connectivity index (χ3v) is 5.90. The maximum absolute atomic E-state index is 14.0. The van der Waals surface area contributed by atoms with Gasteiger partial charge in [-0.2, -0.15) is 0 Å². The fourth-order valence-electron chi connectivity index (χ4n) is 3.59. The van der Waals surface area contributed by atoms with E-state index in [1.807, 2.05) is 0 Å². The number of aliphatic imine (C=N–C) groups is 1. The van der Waals surface area contributed by atoms with Gasteiger partial charge in [-0.05, 0) is 69.7 Å². The summed E-state index contributed by atoms with van der Waals surface area (Å²) in [6.07, 6.45) is 0.689. The summed E-state index contributed by atoms with van der Waals surface area (Å²) in [5.41, 5.74) is 7.67. The average molecular weight is 627 g/mol. The lowest BCUT2D eigenvalue weighted by molar-refractivity contribution is -0.113. The number of benzene rings is 2. The van der Waals surface area contributed by atoms with Gasteiger partial charge in [0.05, 0.1) is 11.9 Å². The monoisotopic (exact) mass is 625 g/mol. The van der Waals surface area contributed by atoms with Crippen LogP contribution in [0.3, 0.4) is 0 Å². The molecule has 0 saturated heterocycles.